The average molecular weight is 457 g/mol. The van der Waals surface area contributed by atoms with Crippen LogP contribution in [-0.4, -0.2) is 62.6 Å². The van der Waals surface area contributed by atoms with Gasteiger partial charge in [0, 0.05) is 32.1 Å². The lowest BCUT2D eigenvalue weighted by Crippen LogP contribution is -2.48. The summed E-state index contributed by atoms with van der Waals surface area (Å²) in [7, 11) is -3.36. The highest BCUT2D eigenvalue weighted by Gasteiger charge is 2.46. The Morgan fingerprint density at radius 3 is 2.22 bits per heavy atom. The molecule has 1 saturated carbocycles. The van der Waals surface area contributed by atoms with Crippen molar-refractivity contribution in [2.75, 3.05) is 39.0 Å². The number of hydrogen-bond acceptors (Lipinski definition) is 4. The maximum absolute atomic E-state index is 14.0. The van der Waals surface area contributed by atoms with E-state index in [4.69, 9.17) is 4.74 Å². The van der Waals surface area contributed by atoms with Crippen LogP contribution in [0.1, 0.15) is 31.2 Å². The van der Waals surface area contributed by atoms with Gasteiger partial charge in [0.25, 0.3) is 0 Å². The molecule has 2 aromatic carbocycles. The first kappa shape index (κ1) is 22.8. The van der Waals surface area contributed by atoms with Crippen LogP contribution in [0.2, 0.25) is 0 Å². The van der Waals surface area contributed by atoms with Gasteiger partial charge in [-0.25, -0.2) is 8.42 Å². The average Bonchev–Trinajstić information content (AvgIpc) is 3.19. The van der Waals surface area contributed by atoms with Crippen LogP contribution in [0.4, 0.5) is 0 Å². The summed E-state index contributed by atoms with van der Waals surface area (Å²) in [6.07, 6.45) is 4.98. The molecule has 1 atom stereocenters. The summed E-state index contributed by atoms with van der Waals surface area (Å²) in [6, 6.07) is 19.6. The number of rotatable bonds is 6. The fourth-order valence-electron chi connectivity index (χ4n) is 5.06. The third-order valence-electron chi connectivity index (χ3n) is 6.74. The summed E-state index contributed by atoms with van der Waals surface area (Å²) in [5.41, 5.74) is 0.565. The Kier molecular flexibility index (Phi) is 6.86. The molecule has 2 aromatic rings. The number of carbonyl (C=O) groups excluding carboxylic acids is 1. The molecule has 1 heterocycles. The van der Waals surface area contributed by atoms with Crippen molar-refractivity contribution < 1.29 is 17.9 Å². The minimum Gasteiger partial charge on any atom is -0.493 e. The number of nitrogens with zero attached hydrogens (tertiary/aromatic N) is 2. The van der Waals surface area contributed by atoms with Gasteiger partial charge in [0.15, 0.2) is 0 Å². The van der Waals surface area contributed by atoms with Gasteiger partial charge in [-0.3, -0.25) is 4.79 Å². The number of sulfonamides is 1. The Balaban J connectivity index is 1.57. The predicted molar refractivity (Wildman–Crippen MR) is 125 cm³/mol. The second-order valence-electron chi connectivity index (χ2n) is 9.02. The van der Waals surface area contributed by atoms with E-state index in [0.717, 1.165) is 37.0 Å². The monoisotopic (exact) mass is 456 g/mol. The summed E-state index contributed by atoms with van der Waals surface area (Å²) >= 11 is 0. The molecule has 0 unspecified atom stereocenters. The quantitative estimate of drug-likeness (QED) is 0.669. The van der Waals surface area contributed by atoms with Crippen LogP contribution in [0.15, 0.2) is 60.7 Å². The minimum atomic E-state index is -3.36. The molecule has 0 N–H and O–H groups in total. The Morgan fingerprint density at radius 1 is 0.969 bits per heavy atom. The lowest BCUT2D eigenvalue weighted by Gasteiger charge is -2.35. The van der Waals surface area contributed by atoms with Crippen molar-refractivity contribution in [3.05, 3.63) is 66.2 Å². The van der Waals surface area contributed by atoms with Gasteiger partial charge in [-0.1, -0.05) is 61.4 Å². The third-order valence-corrected chi connectivity index (χ3v) is 8.01. The maximum atomic E-state index is 14.0. The van der Waals surface area contributed by atoms with Crippen LogP contribution >= 0.6 is 0 Å². The zero-order valence-electron chi connectivity index (χ0n) is 18.7. The second kappa shape index (κ2) is 9.63. The standard InChI is InChI=1S/C25H32N2O4S/c1-32(29,30)27-17-16-26(18-21(19-27)20-31-23-12-6-3-7-13-23)24(28)25(14-8-9-15-25)22-10-4-2-5-11-22/h2-7,10-13,21H,8-9,14-20H2,1H3/t21-/m1/s1. The van der Waals surface area contributed by atoms with Gasteiger partial charge in [0.1, 0.15) is 5.75 Å². The van der Waals surface area contributed by atoms with E-state index in [1.165, 1.54) is 10.6 Å². The first-order chi connectivity index (χ1) is 15.4. The highest BCUT2D eigenvalue weighted by Crippen LogP contribution is 2.43. The van der Waals surface area contributed by atoms with Crippen LogP contribution in [0, 0.1) is 5.92 Å². The summed E-state index contributed by atoms with van der Waals surface area (Å²) in [4.78, 5) is 15.9. The molecule has 1 saturated heterocycles. The number of para-hydroxylation sites is 1. The van der Waals surface area contributed by atoms with Crippen molar-refractivity contribution in [2.45, 2.75) is 31.1 Å². The Bertz CT molecular complexity index is 1000. The van der Waals surface area contributed by atoms with Crippen LogP contribution < -0.4 is 4.74 Å². The van der Waals surface area contributed by atoms with Crippen LogP contribution in [0.3, 0.4) is 0 Å². The van der Waals surface area contributed by atoms with E-state index in [2.05, 4.69) is 12.1 Å². The van der Waals surface area contributed by atoms with Gasteiger partial charge in [0.2, 0.25) is 15.9 Å². The van der Waals surface area contributed by atoms with E-state index in [1.807, 2.05) is 53.4 Å². The fraction of sp³-hybridized carbons (Fsp3) is 0.480. The largest absolute Gasteiger partial charge is 0.493 e. The van der Waals surface area contributed by atoms with Crippen molar-refractivity contribution in [1.29, 1.82) is 0 Å². The summed E-state index contributed by atoms with van der Waals surface area (Å²) in [5, 5.41) is 0. The van der Waals surface area contributed by atoms with Gasteiger partial charge in [0.05, 0.1) is 18.3 Å². The smallest absolute Gasteiger partial charge is 0.233 e. The van der Waals surface area contributed by atoms with Gasteiger partial charge < -0.3 is 9.64 Å². The molecule has 1 amide bonds. The molecule has 0 bridgehead atoms. The highest BCUT2D eigenvalue weighted by atomic mass is 32.2. The maximum Gasteiger partial charge on any atom is 0.233 e. The number of hydrogen-bond donors (Lipinski definition) is 0. The zero-order valence-corrected chi connectivity index (χ0v) is 19.5. The summed E-state index contributed by atoms with van der Waals surface area (Å²) < 4.78 is 32.2. The molecule has 6 nitrogen and oxygen atoms in total. The SMILES string of the molecule is CS(=O)(=O)N1CCN(C(=O)C2(c3ccccc3)CCCC2)C[C@@H](COc2ccccc2)C1. The van der Waals surface area contributed by atoms with Crippen molar-refractivity contribution in [3.63, 3.8) is 0 Å². The molecule has 4 rings (SSSR count). The minimum absolute atomic E-state index is 0.106. The van der Waals surface area contributed by atoms with Gasteiger partial charge >= 0.3 is 0 Å². The van der Waals surface area contributed by atoms with E-state index < -0.39 is 15.4 Å². The number of ether oxygens (including phenoxy) is 1. The first-order valence-electron chi connectivity index (χ1n) is 11.4. The fourth-order valence-corrected chi connectivity index (χ4v) is 5.95. The molecule has 1 aliphatic heterocycles. The predicted octanol–water partition coefficient (Wildman–Crippen LogP) is 3.30. The molecule has 1 aliphatic carbocycles. The van der Waals surface area contributed by atoms with Crippen molar-refractivity contribution in [2.24, 2.45) is 5.92 Å². The number of benzene rings is 2. The molecule has 2 aliphatic rings. The topological polar surface area (TPSA) is 66.9 Å². The van der Waals surface area contributed by atoms with Crippen LogP contribution in [0.25, 0.3) is 0 Å². The lowest BCUT2D eigenvalue weighted by atomic mass is 9.77. The van der Waals surface area contributed by atoms with Crippen LogP contribution in [0.5, 0.6) is 5.75 Å². The number of amides is 1. The molecule has 0 spiro atoms. The normalized spacial score (nSPS) is 21.8. The molecule has 0 aromatic heterocycles. The highest BCUT2D eigenvalue weighted by molar-refractivity contribution is 7.88. The third kappa shape index (κ3) is 4.99. The zero-order chi connectivity index (χ0) is 22.6. The second-order valence-corrected chi connectivity index (χ2v) is 11.0. The molecular weight excluding hydrogens is 424 g/mol. The van der Waals surface area contributed by atoms with E-state index in [9.17, 15) is 13.2 Å². The molecular formula is C25H32N2O4S. The van der Waals surface area contributed by atoms with E-state index in [0.29, 0.717) is 32.8 Å². The lowest BCUT2D eigenvalue weighted by molar-refractivity contribution is -0.137. The first-order valence-corrected chi connectivity index (χ1v) is 13.2. The number of carbonyl (C=O) groups is 1. The van der Waals surface area contributed by atoms with Crippen molar-refractivity contribution in [1.82, 2.24) is 9.21 Å². The molecule has 7 heteroatoms. The van der Waals surface area contributed by atoms with Crippen LogP contribution in [-0.2, 0) is 20.2 Å². The molecule has 0 radical (unpaired) electrons. The molecule has 172 valence electrons. The van der Waals surface area contributed by atoms with E-state index in [-0.39, 0.29) is 11.8 Å². The van der Waals surface area contributed by atoms with E-state index >= 15 is 0 Å². The van der Waals surface area contributed by atoms with Gasteiger partial charge in [-0.2, -0.15) is 4.31 Å². The van der Waals surface area contributed by atoms with Crippen molar-refractivity contribution >= 4 is 15.9 Å². The van der Waals surface area contributed by atoms with Crippen molar-refractivity contribution in [3.8, 4) is 5.75 Å². The van der Waals surface area contributed by atoms with Gasteiger partial charge in [-0.05, 0) is 30.5 Å². The summed E-state index contributed by atoms with van der Waals surface area (Å²) in [6.45, 7) is 1.93. The Labute approximate surface area is 191 Å². The molecule has 32 heavy (non-hydrogen) atoms. The summed E-state index contributed by atoms with van der Waals surface area (Å²) in [5.74, 6) is 0.768. The molecule has 2 fully saturated rings. The van der Waals surface area contributed by atoms with E-state index in [1.54, 1.807) is 0 Å². The Morgan fingerprint density at radius 2 is 1.59 bits per heavy atom. The van der Waals surface area contributed by atoms with Gasteiger partial charge in [-0.15, -0.1) is 0 Å². The Hall–Kier alpha value is -2.38.